The van der Waals surface area contributed by atoms with E-state index in [0.717, 1.165) is 17.8 Å². The van der Waals surface area contributed by atoms with Crippen LogP contribution in [0.2, 0.25) is 0 Å². The average molecular weight is 443 g/mol. The Balaban J connectivity index is 1.65. The number of methoxy groups -OCH3 is 1. The Morgan fingerprint density at radius 3 is 2.74 bits per heavy atom. The van der Waals surface area contributed by atoms with Crippen LogP contribution in [-0.2, 0) is 16.6 Å². The van der Waals surface area contributed by atoms with Crippen molar-refractivity contribution in [3.8, 4) is 5.75 Å². The summed E-state index contributed by atoms with van der Waals surface area (Å²) in [5.41, 5.74) is 0.132. The van der Waals surface area contributed by atoms with Gasteiger partial charge in [-0.3, -0.25) is 14.9 Å². The second-order valence-electron chi connectivity index (χ2n) is 6.12. The number of amides is 1. The molecule has 1 aromatic heterocycles. The third kappa shape index (κ3) is 5.57. The topological polar surface area (TPSA) is 138 Å². The number of nitro groups is 1. The molecule has 11 nitrogen and oxygen atoms in total. The zero-order valence-corrected chi connectivity index (χ0v) is 17.3. The number of carbonyl (C=O) groups excluding carboxylic acids is 2. The quantitative estimate of drug-likeness (QED) is 0.316. The Hall–Kier alpha value is -3.93. The highest BCUT2D eigenvalue weighted by atomic mass is 32.2. The Kier molecular flexibility index (Phi) is 6.82. The summed E-state index contributed by atoms with van der Waals surface area (Å²) in [5, 5.41) is 22.1. The van der Waals surface area contributed by atoms with Crippen LogP contribution in [0.3, 0.4) is 0 Å². The second-order valence-corrected chi connectivity index (χ2v) is 7.13. The number of aryl methyl sites for hydroxylation is 1. The van der Waals surface area contributed by atoms with Crippen LogP contribution in [0.4, 0.5) is 11.4 Å². The molecule has 31 heavy (non-hydrogen) atoms. The maximum absolute atomic E-state index is 12.3. The highest BCUT2D eigenvalue weighted by Crippen LogP contribution is 2.34. The molecule has 1 amide bonds. The molecule has 12 heteroatoms. The first-order valence-electron chi connectivity index (χ1n) is 8.78. The molecule has 1 N–H and O–H groups in total. The number of rotatable bonds is 8. The fraction of sp³-hybridized carbons (Fsp3) is 0.158. The molecule has 1 heterocycles. The highest BCUT2D eigenvalue weighted by molar-refractivity contribution is 7.99. The van der Waals surface area contributed by atoms with E-state index in [-0.39, 0.29) is 16.1 Å². The number of carbonyl (C=O) groups is 2. The van der Waals surface area contributed by atoms with Crippen molar-refractivity contribution in [3.63, 3.8) is 0 Å². The molecule has 0 unspecified atom stereocenters. The highest BCUT2D eigenvalue weighted by Gasteiger charge is 2.21. The molecule has 0 saturated heterocycles. The van der Waals surface area contributed by atoms with Crippen LogP contribution < -0.4 is 10.1 Å². The lowest BCUT2D eigenvalue weighted by Gasteiger charge is -2.08. The number of hydrogen-bond donors (Lipinski definition) is 1. The summed E-state index contributed by atoms with van der Waals surface area (Å²) in [7, 11) is 3.20. The van der Waals surface area contributed by atoms with Crippen molar-refractivity contribution in [1.82, 2.24) is 14.8 Å². The molecule has 0 aliphatic carbocycles. The van der Waals surface area contributed by atoms with Crippen molar-refractivity contribution >= 4 is 35.0 Å². The number of nitro benzene ring substituents is 1. The van der Waals surface area contributed by atoms with E-state index in [4.69, 9.17) is 9.47 Å². The van der Waals surface area contributed by atoms with Gasteiger partial charge in [-0.05, 0) is 36.0 Å². The number of aromatic nitrogens is 3. The van der Waals surface area contributed by atoms with E-state index in [9.17, 15) is 19.7 Å². The van der Waals surface area contributed by atoms with Gasteiger partial charge in [0.2, 0.25) is 0 Å². The van der Waals surface area contributed by atoms with Gasteiger partial charge in [0.15, 0.2) is 11.8 Å². The van der Waals surface area contributed by atoms with Gasteiger partial charge in [0.05, 0.1) is 22.5 Å². The van der Waals surface area contributed by atoms with Gasteiger partial charge in [-0.1, -0.05) is 6.07 Å². The maximum atomic E-state index is 12.3. The van der Waals surface area contributed by atoms with Crippen molar-refractivity contribution in [2.24, 2.45) is 7.05 Å². The van der Waals surface area contributed by atoms with Crippen LogP contribution in [0, 0.1) is 10.1 Å². The third-order valence-electron chi connectivity index (χ3n) is 3.95. The van der Waals surface area contributed by atoms with Crippen LogP contribution in [0.25, 0.3) is 0 Å². The van der Waals surface area contributed by atoms with Crippen LogP contribution in [-0.4, -0.2) is 45.3 Å². The lowest BCUT2D eigenvalue weighted by atomic mass is 10.2. The van der Waals surface area contributed by atoms with E-state index in [0.29, 0.717) is 16.6 Å². The summed E-state index contributed by atoms with van der Waals surface area (Å²) in [6.07, 6.45) is 1.47. The Morgan fingerprint density at radius 2 is 2.06 bits per heavy atom. The molecule has 3 rings (SSSR count). The van der Waals surface area contributed by atoms with Gasteiger partial charge in [0.1, 0.15) is 12.1 Å². The Bertz CT molecular complexity index is 1130. The number of esters is 1. The number of benzene rings is 2. The first-order chi connectivity index (χ1) is 14.9. The van der Waals surface area contributed by atoms with Crippen molar-refractivity contribution < 1.29 is 24.0 Å². The van der Waals surface area contributed by atoms with Crippen molar-refractivity contribution in [1.29, 1.82) is 0 Å². The predicted molar refractivity (Wildman–Crippen MR) is 110 cm³/mol. The van der Waals surface area contributed by atoms with Gasteiger partial charge in [-0.25, -0.2) is 4.79 Å². The first kappa shape index (κ1) is 21.8. The minimum atomic E-state index is -0.862. The SMILES string of the molecule is COc1cccc(NC(=O)COC(=O)c2ccc(Sc3nncn3C)c([N+](=O)[O-])c2)c1. The fourth-order valence-electron chi connectivity index (χ4n) is 2.45. The molecule has 3 aromatic rings. The molecule has 0 aliphatic rings. The Labute approximate surface area is 180 Å². The van der Waals surface area contributed by atoms with Gasteiger partial charge in [0, 0.05) is 24.9 Å². The van der Waals surface area contributed by atoms with Gasteiger partial charge in [-0.15, -0.1) is 10.2 Å². The third-order valence-corrected chi connectivity index (χ3v) is 5.07. The summed E-state index contributed by atoms with van der Waals surface area (Å²) in [6.45, 7) is -0.556. The van der Waals surface area contributed by atoms with Crippen LogP contribution in [0.15, 0.2) is 58.8 Å². The maximum Gasteiger partial charge on any atom is 0.338 e. The van der Waals surface area contributed by atoms with Crippen molar-refractivity contribution in [3.05, 3.63) is 64.5 Å². The zero-order valence-electron chi connectivity index (χ0n) is 16.5. The second kappa shape index (κ2) is 9.71. The predicted octanol–water partition coefficient (Wildman–Crippen LogP) is 2.68. The van der Waals surface area contributed by atoms with Gasteiger partial charge in [0.25, 0.3) is 11.6 Å². The van der Waals surface area contributed by atoms with E-state index >= 15 is 0 Å². The Morgan fingerprint density at radius 1 is 1.26 bits per heavy atom. The average Bonchev–Trinajstić information content (AvgIpc) is 3.16. The van der Waals surface area contributed by atoms with E-state index in [1.54, 1.807) is 35.9 Å². The zero-order chi connectivity index (χ0) is 22.4. The number of nitrogens with one attached hydrogen (secondary N) is 1. The fourth-order valence-corrected chi connectivity index (χ4v) is 3.30. The van der Waals surface area contributed by atoms with Crippen molar-refractivity contribution in [2.75, 3.05) is 19.0 Å². The number of ether oxygens (including phenoxy) is 2. The van der Waals surface area contributed by atoms with Crippen LogP contribution in [0.5, 0.6) is 5.75 Å². The number of anilines is 1. The first-order valence-corrected chi connectivity index (χ1v) is 9.60. The monoisotopic (exact) mass is 443 g/mol. The molecule has 0 radical (unpaired) electrons. The standard InChI is InChI=1S/C19H17N5O6S/c1-23-11-20-22-19(23)31-16-7-6-12(8-15(16)24(27)28)18(26)30-10-17(25)21-13-4-3-5-14(9-13)29-2/h3-9,11H,10H2,1-2H3,(H,21,25). The number of nitrogens with zero attached hydrogens (tertiary/aromatic N) is 4. The molecular weight excluding hydrogens is 426 g/mol. The summed E-state index contributed by atoms with van der Waals surface area (Å²) in [6, 6.07) is 10.6. The number of hydrogen-bond acceptors (Lipinski definition) is 9. The van der Waals surface area contributed by atoms with E-state index < -0.39 is 23.4 Å². The van der Waals surface area contributed by atoms with Gasteiger partial charge >= 0.3 is 5.97 Å². The largest absolute Gasteiger partial charge is 0.497 e. The molecule has 2 aromatic carbocycles. The molecule has 0 fully saturated rings. The summed E-state index contributed by atoms with van der Waals surface area (Å²) < 4.78 is 11.7. The molecule has 0 atom stereocenters. The molecule has 0 aliphatic heterocycles. The van der Waals surface area contributed by atoms with Crippen molar-refractivity contribution in [2.45, 2.75) is 10.1 Å². The normalized spacial score (nSPS) is 10.4. The molecule has 160 valence electrons. The smallest absolute Gasteiger partial charge is 0.338 e. The molecule has 0 spiro atoms. The van der Waals surface area contributed by atoms with Crippen LogP contribution in [0.1, 0.15) is 10.4 Å². The van der Waals surface area contributed by atoms with E-state index in [2.05, 4.69) is 15.5 Å². The van der Waals surface area contributed by atoms with E-state index in [1.807, 2.05) is 0 Å². The lowest BCUT2D eigenvalue weighted by molar-refractivity contribution is -0.387. The molecule has 0 saturated carbocycles. The minimum absolute atomic E-state index is 0.0526. The summed E-state index contributed by atoms with van der Waals surface area (Å²) in [5.74, 6) is -0.869. The lowest BCUT2D eigenvalue weighted by Crippen LogP contribution is -2.21. The molecule has 0 bridgehead atoms. The van der Waals surface area contributed by atoms with Crippen LogP contribution >= 0.6 is 11.8 Å². The van der Waals surface area contributed by atoms with Gasteiger partial charge < -0.3 is 19.4 Å². The minimum Gasteiger partial charge on any atom is -0.497 e. The summed E-state index contributed by atoms with van der Waals surface area (Å²) >= 11 is 1.04. The van der Waals surface area contributed by atoms with E-state index in [1.165, 1.54) is 25.6 Å². The molecular formula is C19H17N5O6S. The summed E-state index contributed by atoms with van der Waals surface area (Å²) in [4.78, 5) is 35.4. The van der Waals surface area contributed by atoms with Gasteiger partial charge in [-0.2, -0.15) is 0 Å².